The van der Waals surface area contributed by atoms with Crippen molar-refractivity contribution in [2.45, 2.75) is 26.5 Å². The molecule has 1 amide bonds. The highest BCUT2D eigenvalue weighted by Gasteiger charge is 2.24. The summed E-state index contributed by atoms with van der Waals surface area (Å²) in [5.74, 6) is 0.175. The summed E-state index contributed by atoms with van der Waals surface area (Å²) in [6.45, 7) is 6.10. The van der Waals surface area contributed by atoms with Gasteiger partial charge in [0, 0.05) is 42.3 Å². The van der Waals surface area contributed by atoms with Crippen molar-refractivity contribution < 1.29 is 14.3 Å². The third kappa shape index (κ3) is 5.38. The number of rotatable bonds is 5. The van der Waals surface area contributed by atoms with Crippen LogP contribution in [0.1, 0.15) is 32.6 Å². The molecule has 0 bridgehead atoms. The molecule has 1 fully saturated rings. The summed E-state index contributed by atoms with van der Waals surface area (Å²) in [4.78, 5) is 26.0. The minimum absolute atomic E-state index is 0.0156. The highest BCUT2D eigenvalue weighted by Crippen LogP contribution is 2.33. The van der Waals surface area contributed by atoms with Crippen LogP contribution >= 0.6 is 23.2 Å². The Bertz CT molecular complexity index is 1340. The minimum Gasteiger partial charge on any atom is -0.470 e. The number of nitrogen functional groups attached to an aromatic ring is 1. The molecule has 37 heavy (non-hydrogen) atoms. The molecule has 194 valence electrons. The fraction of sp³-hybridized carbons (Fsp3) is 0.370. The Morgan fingerprint density at radius 3 is 2.76 bits per heavy atom. The van der Waals surface area contributed by atoms with Crippen molar-refractivity contribution in [3.05, 3.63) is 68.3 Å². The standard InChI is InChI=1S/C27H29Cl2N5O3/c1-16-11-17(12-18-14-33(2)6-5-19(16)18)23-13-31-25(30)26(32-23)37-15-21-22(28)4-3-20(24(21)29)27(35)34-7-9-36-10-8-34/h3-4,11-13H,5-10,14-15H2,1-2H3,(H2,30,31). The van der Waals surface area contributed by atoms with Gasteiger partial charge in [0.05, 0.1) is 35.7 Å². The van der Waals surface area contributed by atoms with E-state index in [4.69, 9.17) is 38.4 Å². The smallest absolute Gasteiger partial charge is 0.258 e. The van der Waals surface area contributed by atoms with Gasteiger partial charge < -0.3 is 25.0 Å². The lowest BCUT2D eigenvalue weighted by molar-refractivity contribution is 0.0303. The normalized spacial score (nSPS) is 15.9. The number of carbonyl (C=O) groups excluding carboxylic acids is 1. The van der Waals surface area contributed by atoms with Crippen LogP contribution in [0.25, 0.3) is 11.3 Å². The predicted octanol–water partition coefficient (Wildman–Crippen LogP) is 4.38. The Morgan fingerprint density at radius 2 is 1.97 bits per heavy atom. The van der Waals surface area contributed by atoms with Crippen LogP contribution in [0, 0.1) is 6.92 Å². The first-order chi connectivity index (χ1) is 17.8. The van der Waals surface area contributed by atoms with Crippen LogP contribution < -0.4 is 10.5 Å². The quantitative estimate of drug-likeness (QED) is 0.512. The van der Waals surface area contributed by atoms with Crippen LogP contribution in [-0.2, 0) is 24.3 Å². The SMILES string of the molecule is Cc1cc(-c2cnc(N)c(OCc3c(Cl)ccc(C(=O)N4CCOCC4)c3Cl)n2)cc2c1CCN(C)C2. The number of ether oxygens (including phenoxy) is 2. The van der Waals surface area contributed by atoms with E-state index in [2.05, 4.69) is 41.0 Å². The lowest BCUT2D eigenvalue weighted by atomic mass is 9.92. The van der Waals surface area contributed by atoms with Gasteiger partial charge in [-0.25, -0.2) is 9.97 Å². The van der Waals surface area contributed by atoms with Crippen molar-refractivity contribution in [2.24, 2.45) is 0 Å². The number of aromatic nitrogens is 2. The number of anilines is 1. The summed E-state index contributed by atoms with van der Waals surface area (Å²) in [6, 6.07) is 7.58. The second-order valence-electron chi connectivity index (χ2n) is 9.44. The van der Waals surface area contributed by atoms with Crippen LogP contribution in [-0.4, -0.2) is 65.6 Å². The number of nitrogens with zero attached hydrogens (tertiary/aromatic N) is 4. The zero-order chi connectivity index (χ0) is 26.1. The second kappa shape index (κ2) is 10.8. The summed E-state index contributed by atoms with van der Waals surface area (Å²) in [6.07, 6.45) is 2.69. The molecular formula is C27H29Cl2N5O3. The van der Waals surface area contributed by atoms with E-state index in [0.29, 0.717) is 48.1 Å². The largest absolute Gasteiger partial charge is 0.470 e. The van der Waals surface area contributed by atoms with E-state index in [1.54, 1.807) is 23.2 Å². The Hall–Kier alpha value is -2.91. The average molecular weight is 542 g/mol. The van der Waals surface area contributed by atoms with Gasteiger partial charge in [0.2, 0.25) is 0 Å². The Kier molecular flexibility index (Phi) is 7.53. The van der Waals surface area contributed by atoms with Crippen LogP contribution in [0.4, 0.5) is 5.82 Å². The number of hydrogen-bond acceptors (Lipinski definition) is 7. The monoisotopic (exact) mass is 541 g/mol. The number of fused-ring (bicyclic) bond motifs is 1. The number of likely N-dealkylation sites (N-methyl/N-ethyl adjacent to an activating group) is 1. The van der Waals surface area contributed by atoms with Crippen LogP contribution in [0.2, 0.25) is 10.0 Å². The maximum absolute atomic E-state index is 13.0. The average Bonchev–Trinajstić information content (AvgIpc) is 2.89. The third-order valence-electron chi connectivity index (χ3n) is 6.88. The van der Waals surface area contributed by atoms with Crippen molar-refractivity contribution in [2.75, 3.05) is 45.6 Å². The number of nitrogens with two attached hydrogens (primary N) is 1. The lowest BCUT2D eigenvalue weighted by Gasteiger charge is -2.27. The van der Waals surface area contributed by atoms with Crippen molar-refractivity contribution in [3.63, 3.8) is 0 Å². The van der Waals surface area contributed by atoms with Crippen LogP contribution in [0.5, 0.6) is 5.88 Å². The Balaban J connectivity index is 1.39. The molecule has 2 N–H and O–H groups in total. The zero-order valence-electron chi connectivity index (χ0n) is 20.9. The van der Waals surface area contributed by atoms with E-state index < -0.39 is 0 Å². The topological polar surface area (TPSA) is 93.8 Å². The van der Waals surface area contributed by atoms with Crippen LogP contribution in [0.3, 0.4) is 0 Å². The van der Waals surface area contributed by atoms with Gasteiger partial charge in [-0.1, -0.05) is 23.2 Å². The molecular weight excluding hydrogens is 513 g/mol. The maximum Gasteiger partial charge on any atom is 0.258 e. The van der Waals surface area contributed by atoms with Crippen molar-refractivity contribution >= 4 is 34.9 Å². The molecule has 0 spiro atoms. The first kappa shape index (κ1) is 25.7. The molecule has 2 aromatic carbocycles. The van der Waals surface area contributed by atoms with E-state index in [0.717, 1.165) is 25.1 Å². The molecule has 10 heteroatoms. The molecule has 3 aromatic rings. The maximum atomic E-state index is 13.0. The predicted molar refractivity (Wildman–Crippen MR) is 144 cm³/mol. The van der Waals surface area contributed by atoms with Gasteiger partial charge in [-0.2, -0.15) is 0 Å². The summed E-state index contributed by atoms with van der Waals surface area (Å²) < 4.78 is 11.3. The van der Waals surface area contributed by atoms with Gasteiger partial charge in [-0.3, -0.25) is 4.79 Å². The highest BCUT2D eigenvalue weighted by atomic mass is 35.5. The summed E-state index contributed by atoms with van der Waals surface area (Å²) >= 11 is 13.1. The zero-order valence-corrected chi connectivity index (χ0v) is 22.4. The van der Waals surface area contributed by atoms with Crippen molar-refractivity contribution in [1.82, 2.24) is 19.8 Å². The number of halogens is 2. The third-order valence-corrected chi connectivity index (χ3v) is 7.67. The number of benzene rings is 2. The molecule has 5 rings (SSSR count). The molecule has 0 saturated carbocycles. The van der Waals surface area contributed by atoms with E-state index in [9.17, 15) is 4.79 Å². The molecule has 2 aliphatic heterocycles. The van der Waals surface area contributed by atoms with Gasteiger partial charge in [0.25, 0.3) is 11.8 Å². The van der Waals surface area contributed by atoms with E-state index in [1.807, 2.05) is 0 Å². The Morgan fingerprint density at radius 1 is 1.19 bits per heavy atom. The number of amides is 1. The van der Waals surface area contributed by atoms with Crippen LogP contribution in [0.15, 0.2) is 30.5 Å². The molecule has 3 heterocycles. The number of aryl methyl sites for hydroxylation is 1. The summed E-state index contributed by atoms with van der Waals surface area (Å²) in [5.41, 5.74) is 12.5. The molecule has 0 aliphatic carbocycles. The van der Waals surface area contributed by atoms with E-state index in [1.165, 1.54) is 16.7 Å². The second-order valence-corrected chi connectivity index (χ2v) is 10.2. The molecule has 8 nitrogen and oxygen atoms in total. The lowest BCUT2D eigenvalue weighted by Crippen LogP contribution is -2.40. The minimum atomic E-state index is -0.166. The number of hydrogen-bond donors (Lipinski definition) is 1. The van der Waals surface area contributed by atoms with Crippen molar-refractivity contribution in [3.8, 4) is 17.1 Å². The highest BCUT2D eigenvalue weighted by molar-refractivity contribution is 6.38. The van der Waals surface area contributed by atoms with E-state index >= 15 is 0 Å². The van der Waals surface area contributed by atoms with Crippen molar-refractivity contribution in [1.29, 1.82) is 0 Å². The molecule has 1 saturated heterocycles. The van der Waals surface area contributed by atoms with Gasteiger partial charge >= 0.3 is 0 Å². The molecule has 0 unspecified atom stereocenters. The molecule has 1 aromatic heterocycles. The van der Waals surface area contributed by atoms with Gasteiger partial charge in [0.1, 0.15) is 6.61 Å². The molecule has 0 atom stereocenters. The summed E-state index contributed by atoms with van der Waals surface area (Å²) in [5, 5.41) is 0.641. The molecule has 2 aliphatic rings. The van der Waals surface area contributed by atoms with Gasteiger partial charge in [0.15, 0.2) is 5.82 Å². The molecule has 0 radical (unpaired) electrons. The van der Waals surface area contributed by atoms with E-state index in [-0.39, 0.29) is 29.2 Å². The first-order valence-electron chi connectivity index (χ1n) is 12.2. The fourth-order valence-corrected chi connectivity index (χ4v) is 5.37. The first-order valence-corrected chi connectivity index (χ1v) is 13.0. The number of morpholine rings is 1. The van der Waals surface area contributed by atoms with Gasteiger partial charge in [-0.15, -0.1) is 0 Å². The number of carbonyl (C=O) groups is 1. The van der Waals surface area contributed by atoms with Gasteiger partial charge in [-0.05, 0) is 61.3 Å². The summed E-state index contributed by atoms with van der Waals surface area (Å²) in [7, 11) is 2.12. The Labute approximate surface area is 226 Å². The fourth-order valence-electron chi connectivity index (χ4n) is 4.81.